The highest BCUT2D eigenvalue weighted by Gasteiger charge is 2.44. The monoisotopic (exact) mass is 491 g/mol. The van der Waals surface area contributed by atoms with E-state index in [9.17, 15) is 4.79 Å². The molecule has 0 spiro atoms. The van der Waals surface area contributed by atoms with Gasteiger partial charge in [0.2, 0.25) is 0 Å². The van der Waals surface area contributed by atoms with Gasteiger partial charge in [0.25, 0.3) is 0 Å². The van der Waals surface area contributed by atoms with Crippen molar-refractivity contribution < 1.29 is 23.7 Å². The maximum Gasteiger partial charge on any atom is 0.188 e. The van der Waals surface area contributed by atoms with Crippen LogP contribution in [0.2, 0.25) is 0 Å². The lowest BCUT2D eigenvalue weighted by Gasteiger charge is -2.34. The molecule has 2 heterocycles. The van der Waals surface area contributed by atoms with Crippen LogP contribution in [-0.4, -0.2) is 56.2 Å². The van der Waals surface area contributed by atoms with Gasteiger partial charge in [-0.15, -0.1) is 0 Å². The Labute approximate surface area is 214 Å². The molecule has 2 aromatic carbocycles. The molecule has 0 amide bonds. The first-order chi connectivity index (χ1) is 17.2. The van der Waals surface area contributed by atoms with Gasteiger partial charge in [-0.1, -0.05) is 12.1 Å². The second kappa shape index (κ2) is 10.8. The molecule has 0 saturated carbocycles. The summed E-state index contributed by atoms with van der Waals surface area (Å²) in [5.74, 6) is 2.81. The molecule has 2 aliphatic rings. The maximum atomic E-state index is 13.8. The Balaban J connectivity index is 1.70. The smallest absolute Gasteiger partial charge is 0.188 e. The minimum absolute atomic E-state index is 0.0458. The number of methoxy groups -OCH3 is 2. The van der Waals surface area contributed by atoms with Crippen LogP contribution in [0.1, 0.15) is 51.7 Å². The van der Waals surface area contributed by atoms with Gasteiger partial charge in [0.15, 0.2) is 28.8 Å². The predicted molar refractivity (Wildman–Crippen MR) is 143 cm³/mol. The maximum absolute atomic E-state index is 13.8. The quantitative estimate of drug-likeness (QED) is 0.436. The van der Waals surface area contributed by atoms with E-state index >= 15 is 0 Å². The number of Topliss-reactive ketones (excluding diaryl/α,β-unsaturated/α-hetero) is 1. The lowest BCUT2D eigenvalue weighted by molar-refractivity contribution is -0.114. The first kappa shape index (κ1) is 25.8. The van der Waals surface area contributed by atoms with Crippen LogP contribution in [0.3, 0.4) is 0 Å². The van der Waals surface area contributed by atoms with Crippen molar-refractivity contribution in [2.24, 2.45) is 0 Å². The average Bonchev–Trinajstić information content (AvgIpc) is 3.15. The van der Waals surface area contributed by atoms with E-state index < -0.39 is 0 Å². The summed E-state index contributed by atoms with van der Waals surface area (Å²) < 4.78 is 22.8. The van der Waals surface area contributed by atoms with Crippen LogP contribution in [0.5, 0.6) is 23.0 Å². The summed E-state index contributed by atoms with van der Waals surface area (Å²) in [4.78, 5) is 16.1. The zero-order chi connectivity index (χ0) is 26.0. The number of hydrogen-bond donors (Lipinski definition) is 0. The van der Waals surface area contributed by atoms with Crippen LogP contribution >= 0.6 is 0 Å². The van der Waals surface area contributed by atoms with Crippen molar-refractivity contribution in [2.75, 3.05) is 21.3 Å². The van der Waals surface area contributed by atoms with Crippen molar-refractivity contribution in [3.8, 4) is 23.0 Å². The van der Waals surface area contributed by atoms with E-state index in [2.05, 4.69) is 11.9 Å². The van der Waals surface area contributed by atoms with Gasteiger partial charge in [0, 0.05) is 23.2 Å². The fourth-order valence-electron chi connectivity index (χ4n) is 5.09. The Morgan fingerprint density at radius 3 is 1.53 bits per heavy atom. The van der Waals surface area contributed by atoms with Crippen molar-refractivity contribution >= 4 is 17.9 Å². The van der Waals surface area contributed by atoms with Crippen LogP contribution in [-0.2, 0) is 4.79 Å². The Bertz CT molecular complexity index is 1090. The Hall–Kier alpha value is -3.25. The SMILES string of the molecule is COc1cc(C=C2C(=O)C(=Cc3ccc(OC(C)C)c(OC)c3)C3CCC2N3C)ccc1OC(C)C. The summed E-state index contributed by atoms with van der Waals surface area (Å²) in [6, 6.07) is 11.8. The van der Waals surface area contributed by atoms with E-state index in [1.807, 2.05) is 76.2 Å². The molecule has 0 N–H and O–H groups in total. The number of carbonyl (C=O) groups excluding carboxylic acids is 1. The van der Waals surface area contributed by atoms with E-state index in [1.165, 1.54) is 0 Å². The average molecular weight is 492 g/mol. The summed E-state index contributed by atoms with van der Waals surface area (Å²) >= 11 is 0. The molecule has 6 nitrogen and oxygen atoms in total. The standard InChI is InChI=1S/C30H37NO5/c1-18(2)35-26-12-8-20(16-28(26)33-6)14-22-24-10-11-25(31(24)5)23(30(22)32)15-21-9-13-27(36-19(3)4)29(17-21)34-7/h8-9,12-19,24-25H,10-11H2,1-7H3. The van der Waals surface area contributed by atoms with Gasteiger partial charge in [-0.25, -0.2) is 0 Å². The molecule has 0 aliphatic carbocycles. The molecular weight excluding hydrogens is 454 g/mol. The molecule has 2 atom stereocenters. The van der Waals surface area contributed by atoms with E-state index in [-0.39, 0.29) is 30.1 Å². The zero-order valence-corrected chi connectivity index (χ0v) is 22.3. The molecule has 6 heteroatoms. The Morgan fingerprint density at radius 2 is 1.17 bits per heavy atom. The summed E-state index contributed by atoms with van der Waals surface area (Å²) in [5.41, 5.74) is 3.45. The fourth-order valence-corrected chi connectivity index (χ4v) is 5.09. The molecule has 2 aliphatic heterocycles. The van der Waals surface area contributed by atoms with Crippen molar-refractivity contribution in [1.82, 2.24) is 4.90 Å². The van der Waals surface area contributed by atoms with Crippen molar-refractivity contribution in [1.29, 1.82) is 0 Å². The number of benzene rings is 2. The largest absolute Gasteiger partial charge is 0.493 e. The lowest BCUT2D eigenvalue weighted by atomic mass is 9.88. The summed E-state index contributed by atoms with van der Waals surface area (Å²) in [7, 11) is 5.37. The topological polar surface area (TPSA) is 57.2 Å². The summed E-state index contributed by atoms with van der Waals surface area (Å²) in [5, 5.41) is 0. The minimum atomic E-state index is 0.0458. The molecule has 2 fully saturated rings. The molecule has 4 rings (SSSR count). The number of piperidine rings is 1. The molecule has 192 valence electrons. The molecular formula is C30H37NO5. The third kappa shape index (κ3) is 5.29. The molecule has 36 heavy (non-hydrogen) atoms. The van der Waals surface area contributed by atoms with Gasteiger partial charge in [0.05, 0.1) is 26.4 Å². The normalized spacial score (nSPS) is 22.1. The second-order valence-electron chi connectivity index (χ2n) is 9.96. The van der Waals surface area contributed by atoms with Crippen LogP contribution in [0.15, 0.2) is 47.5 Å². The third-order valence-corrected chi connectivity index (χ3v) is 6.68. The highest BCUT2D eigenvalue weighted by molar-refractivity contribution is 6.16. The predicted octanol–water partition coefficient (Wildman–Crippen LogP) is 5.79. The van der Waals surface area contributed by atoms with Crippen LogP contribution in [0.4, 0.5) is 0 Å². The summed E-state index contributed by atoms with van der Waals surface area (Å²) in [6.45, 7) is 7.93. The van der Waals surface area contributed by atoms with Gasteiger partial charge >= 0.3 is 0 Å². The molecule has 0 radical (unpaired) electrons. The summed E-state index contributed by atoms with van der Waals surface area (Å²) in [6.07, 6.45) is 5.99. The van der Waals surface area contributed by atoms with Crippen molar-refractivity contribution in [3.63, 3.8) is 0 Å². The van der Waals surface area contributed by atoms with Gasteiger partial charge in [-0.3, -0.25) is 9.69 Å². The van der Waals surface area contributed by atoms with Crippen molar-refractivity contribution in [3.05, 3.63) is 58.7 Å². The fraction of sp³-hybridized carbons (Fsp3) is 0.433. The molecule has 0 aromatic heterocycles. The Morgan fingerprint density at radius 1 is 0.750 bits per heavy atom. The Kier molecular flexibility index (Phi) is 7.74. The van der Waals surface area contributed by atoms with E-state index in [1.54, 1.807) is 14.2 Å². The molecule has 2 saturated heterocycles. The van der Waals surface area contributed by atoms with Gasteiger partial charge in [-0.2, -0.15) is 0 Å². The number of rotatable bonds is 8. The number of carbonyl (C=O) groups is 1. The first-order valence-corrected chi connectivity index (χ1v) is 12.6. The number of nitrogens with zero attached hydrogens (tertiary/aromatic N) is 1. The second-order valence-corrected chi connectivity index (χ2v) is 9.96. The highest BCUT2D eigenvalue weighted by atomic mass is 16.5. The number of ether oxygens (including phenoxy) is 4. The van der Waals surface area contributed by atoms with Crippen molar-refractivity contribution in [2.45, 2.75) is 64.8 Å². The number of fused-ring (bicyclic) bond motifs is 2. The highest BCUT2D eigenvalue weighted by Crippen LogP contribution is 2.41. The molecule has 2 unspecified atom stereocenters. The first-order valence-electron chi connectivity index (χ1n) is 12.6. The van der Waals surface area contributed by atoms with E-state index in [0.717, 1.165) is 35.1 Å². The van der Waals surface area contributed by atoms with E-state index in [0.29, 0.717) is 23.0 Å². The van der Waals surface area contributed by atoms with Crippen LogP contribution < -0.4 is 18.9 Å². The van der Waals surface area contributed by atoms with Crippen LogP contribution in [0, 0.1) is 0 Å². The van der Waals surface area contributed by atoms with E-state index in [4.69, 9.17) is 18.9 Å². The lowest BCUT2D eigenvalue weighted by Crippen LogP contribution is -2.43. The third-order valence-electron chi connectivity index (χ3n) is 6.68. The van der Waals surface area contributed by atoms with Crippen LogP contribution in [0.25, 0.3) is 12.2 Å². The minimum Gasteiger partial charge on any atom is -0.493 e. The number of ketones is 1. The van der Waals surface area contributed by atoms with Gasteiger partial charge in [0.1, 0.15) is 0 Å². The molecule has 2 aromatic rings. The number of likely N-dealkylation sites (N-methyl/N-ethyl adjacent to an activating group) is 1. The van der Waals surface area contributed by atoms with Gasteiger partial charge < -0.3 is 18.9 Å². The molecule has 2 bridgehead atoms. The number of hydrogen-bond acceptors (Lipinski definition) is 6. The zero-order valence-electron chi connectivity index (χ0n) is 22.3. The van der Waals surface area contributed by atoms with Gasteiger partial charge in [-0.05, 0) is 95.1 Å².